The average molecular weight is 397 g/mol. The van der Waals surface area contributed by atoms with E-state index in [1.807, 2.05) is 30.3 Å². The maximum atomic E-state index is 12.9. The van der Waals surface area contributed by atoms with Crippen LogP contribution in [0.5, 0.6) is 5.75 Å². The van der Waals surface area contributed by atoms with Gasteiger partial charge >= 0.3 is 0 Å². The molecule has 0 radical (unpaired) electrons. The summed E-state index contributed by atoms with van der Waals surface area (Å²) < 4.78 is 6.66. The molecule has 1 unspecified atom stereocenters. The Labute approximate surface area is 166 Å². The fourth-order valence-electron chi connectivity index (χ4n) is 3.17. The van der Waals surface area contributed by atoms with Crippen LogP contribution in [0.4, 0.5) is 11.5 Å². The molecule has 0 fully saturated rings. The van der Waals surface area contributed by atoms with E-state index in [0.717, 1.165) is 11.1 Å². The molecule has 0 aliphatic carbocycles. The third-order valence-electron chi connectivity index (χ3n) is 4.53. The first kappa shape index (κ1) is 18.1. The Morgan fingerprint density at radius 1 is 1.29 bits per heavy atom. The molecule has 1 atom stereocenters. The maximum absolute atomic E-state index is 12.9. The smallest absolute Gasteiger partial charge is 0.249 e. The molecule has 0 bridgehead atoms. The molecule has 7 nitrogen and oxygen atoms in total. The zero-order valence-corrected chi connectivity index (χ0v) is 15.7. The van der Waals surface area contributed by atoms with Gasteiger partial charge in [-0.3, -0.25) is 9.59 Å². The highest BCUT2D eigenvalue weighted by Gasteiger charge is 2.33. The van der Waals surface area contributed by atoms with Crippen molar-refractivity contribution in [2.75, 3.05) is 17.7 Å². The van der Waals surface area contributed by atoms with Crippen LogP contribution >= 0.6 is 11.6 Å². The Balaban J connectivity index is 1.63. The lowest BCUT2D eigenvalue weighted by Gasteiger charge is -2.24. The molecule has 1 aliphatic rings. The summed E-state index contributed by atoms with van der Waals surface area (Å²) >= 11 is 6.12. The summed E-state index contributed by atoms with van der Waals surface area (Å²) in [5.41, 5.74) is 2.18. The molecule has 142 valence electrons. The Morgan fingerprint density at radius 3 is 2.79 bits per heavy atom. The summed E-state index contributed by atoms with van der Waals surface area (Å²) in [6.07, 6.45) is 1.65. The summed E-state index contributed by atoms with van der Waals surface area (Å²) in [5.74, 6) is 0.437. The minimum Gasteiger partial charge on any atom is -0.495 e. The summed E-state index contributed by atoms with van der Waals surface area (Å²) in [5, 5.41) is 10.4. The molecule has 8 heteroatoms. The van der Waals surface area contributed by atoms with Gasteiger partial charge in [0.25, 0.3) is 0 Å². The van der Waals surface area contributed by atoms with Crippen molar-refractivity contribution < 1.29 is 14.3 Å². The monoisotopic (exact) mass is 396 g/mol. The van der Waals surface area contributed by atoms with Crippen molar-refractivity contribution in [1.29, 1.82) is 0 Å². The van der Waals surface area contributed by atoms with Crippen LogP contribution in [-0.4, -0.2) is 28.7 Å². The number of nitrogens with zero attached hydrogens (tertiary/aromatic N) is 2. The normalized spacial score (nSPS) is 15.5. The molecule has 2 heterocycles. The molecular formula is C20H17ClN4O3. The SMILES string of the molecule is COc1ccc(NC(=O)C2CC(=O)Nc3c(-c4ccccc4)cnn32)cc1Cl. The van der Waals surface area contributed by atoms with Crippen LogP contribution < -0.4 is 15.4 Å². The average Bonchev–Trinajstić information content (AvgIpc) is 3.11. The number of halogens is 1. The molecule has 2 aromatic carbocycles. The van der Waals surface area contributed by atoms with E-state index in [0.29, 0.717) is 22.3 Å². The lowest BCUT2D eigenvalue weighted by Crippen LogP contribution is -2.35. The second kappa shape index (κ2) is 7.36. The van der Waals surface area contributed by atoms with Gasteiger partial charge in [-0.05, 0) is 23.8 Å². The zero-order chi connectivity index (χ0) is 19.7. The standard InChI is InChI=1S/C20H17ClN4O3/c1-28-17-8-7-13(9-15(17)21)23-20(27)16-10-18(26)24-19-14(11-22-25(16)19)12-5-3-2-4-6-12/h2-9,11,16H,10H2,1H3,(H,23,27)(H,24,26). The number of hydrogen-bond acceptors (Lipinski definition) is 4. The van der Waals surface area contributed by atoms with E-state index in [9.17, 15) is 9.59 Å². The van der Waals surface area contributed by atoms with E-state index in [1.54, 1.807) is 29.1 Å². The molecule has 3 aromatic rings. The van der Waals surface area contributed by atoms with Gasteiger partial charge in [-0.25, -0.2) is 4.68 Å². The largest absolute Gasteiger partial charge is 0.495 e. The van der Waals surface area contributed by atoms with Crippen LogP contribution in [0.3, 0.4) is 0 Å². The van der Waals surface area contributed by atoms with E-state index in [-0.39, 0.29) is 18.2 Å². The zero-order valence-electron chi connectivity index (χ0n) is 15.0. The van der Waals surface area contributed by atoms with Gasteiger partial charge in [0.05, 0.1) is 24.8 Å². The summed E-state index contributed by atoms with van der Waals surface area (Å²) in [7, 11) is 1.52. The van der Waals surface area contributed by atoms with Gasteiger partial charge < -0.3 is 15.4 Å². The summed E-state index contributed by atoms with van der Waals surface area (Å²) in [4.78, 5) is 25.1. The van der Waals surface area contributed by atoms with E-state index in [4.69, 9.17) is 16.3 Å². The van der Waals surface area contributed by atoms with Crippen LogP contribution in [-0.2, 0) is 9.59 Å². The second-order valence-corrected chi connectivity index (χ2v) is 6.73. The Morgan fingerprint density at radius 2 is 2.07 bits per heavy atom. The maximum Gasteiger partial charge on any atom is 0.249 e. The molecule has 2 N–H and O–H groups in total. The van der Waals surface area contributed by atoms with Gasteiger partial charge in [0, 0.05) is 11.3 Å². The van der Waals surface area contributed by atoms with Crippen molar-refractivity contribution >= 4 is 34.9 Å². The fourth-order valence-corrected chi connectivity index (χ4v) is 3.43. The van der Waals surface area contributed by atoms with Crippen molar-refractivity contribution in [3.63, 3.8) is 0 Å². The van der Waals surface area contributed by atoms with E-state index >= 15 is 0 Å². The van der Waals surface area contributed by atoms with E-state index in [1.165, 1.54) is 7.11 Å². The predicted molar refractivity (Wildman–Crippen MR) is 107 cm³/mol. The molecule has 1 aliphatic heterocycles. The summed E-state index contributed by atoms with van der Waals surface area (Å²) in [6.45, 7) is 0. The number of rotatable bonds is 4. The van der Waals surface area contributed by atoms with E-state index in [2.05, 4.69) is 15.7 Å². The number of hydrogen-bond donors (Lipinski definition) is 2. The molecule has 0 spiro atoms. The Hall–Kier alpha value is -3.32. The molecule has 28 heavy (non-hydrogen) atoms. The number of aromatic nitrogens is 2. The van der Waals surface area contributed by atoms with Crippen molar-refractivity contribution in [1.82, 2.24) is 9.78 Å². The van der Waals surface area contributed by atoms with Gasteiger partial charge in [0.15, 0.2) is 0 Å². The highest BCUT2D eigenvalue weighted by atomic mass is 35.5. The number of carbonyl (C=O) groups is 2. The first-order chi connectivity index (χ1) is 13.6. The third-order valence-corrected chi connectivity index (χ3v) is 4.83. The molecule has 0 saturated heterocycles. The number of nitrogens with one attached hydrogen (secondary N) is 2. The van der Waals surface area contributed by atoms with Crippen LogP contribution in [0, 0.1) is 0 Å². The Bertz CT molecular complexity index is 1050. The van der Waals surface area contributed by atoms with Crippen LogP contribution in [0.2, 0.25) is 5.02 Å². The van der Waals surface area contributed by atoms with Crippen LogP contribution in [0.25, 0.3) is 11.1 Å². The third kappa shape index (κ3) is 3.32. The summed E-state index contributed by atoms with van der Waals surface area (Å²) in [6, 6.07) is 13.8. The van der Waals surface area contributed by atoms with Crippen molar-refractivity contribution in [3.8, 4) is 16.9 Å². The van der Waals surface area contributed by atoms with Crippen LogP contribution in [0.15, 0.2) is 54.7 Å². The fraction of sp³-hybridized carbons (Fsp3) is 0.150. The number of benzene rings is 2. The van der Waals surface area contributed by atoms with Gasteiger partial charge in [0.2, 0.25) is 11.8 Å². The molecular weight excluding hydrogens is 380 g/mol. The van der Waals surface area contributed by atoms with Gasteiger partial charge in [-0.2, -0.15) is 5.10 Å². The predicted octanol–water partition coefficient (Wildman–Crippen LogP) is 3.73. The lowest BCUT2D eigenvalue weighted by atomic mass is 10.1. The number of ether oxygens (including phenoxy) is 1. The minimum atomic E-state index is -0.762. The number of carbonyl (C=O) groups excluding carboxylic acids is 2. The number of fused-ring (bicyclic) bond motifs is 1. The van der Waals surface area contributed by atoms with Gasteiger partial charge in [-0.1, -0.05) is 41.9 Å². The van der Waals surface area contributed by atoms with Gasteiger partial charge in [0.1, 0.15) is 17.6 Å². The first-order valence-corrected chi connectivity index (χ1v) is 9.02. The number of anilines is 2. The van der Waals surface area contributed by atoms with Crippen molar-refractivity contribution in [2.24, 2.45) is 0 Å². The molecule has 2 amide bonds. The van der Waals surface area contributed by atoms with E-state index < -0.39 is 6.04 Å². The highest BCUT2D eigenvalue weighted by molar-refractivity contribution is 6.32. The second-order valence-electron chi connectivity index (χ2n) is 6.32. The topological polar surface area (TPSA) is 85.2 Å². The van der Waals surface area contributed by atoms with Crippen LogP contribution in [0.1, 0.15) is 12.5 Å². The minimum absolute atomic E-state index is 0.00136. The quantitative estimate of drug-likeness (QED) is 0.703. The lowest BCUT2D eigenvalue weighted by molar-refractivity contribution is -0.125. The molecule has 1 aromatic heterocycles. The number of methoxy groups -OCH3 is 1. The number of amides is 2. The molecule has 0 saturated carbocycles. The first-order valence-electron chi connectivity index (χ1n) is 8.64. The molecule has 4 rings (SSSR count). The highest BCUT2D eigenvalue weighted by Crippen LogP contribution is 2.34. The van der Waals surface area contributed by atoms with Crippen molar-refractivity contribution in [3.05, 3.63) is 59.8 Å². The van der Waals surface area contributed by atoms with Gasteiger partial charge in [-0.15, -0.1) is 0 Å². The Kier molecular flexibility index (Phi) is 4.75. The van der Waals surface area contributed by atoms with Crippen molar-refractivity contribution in [2.45, 2.75) is 12.5 Å².